The first-order valence-electron chi connectivity index (χ1n) is 7.80. The average molecular weight is 307 g/mol. The standard InChI is InChI=1S/C20H21NO2/c1-14-9-18-17(13-23-19(18)10-15(14)2)11-20(22)21(3)12-16-7-5-4-6-8-16/h4-10,13H,11-12H2,1-3H3. The number of hydrogen-bond acceptors (Lipinski definition) is 2. The van der Waals surface area contributed by atoms with E-state index in [1.165, 1.54) is 11.1 Å². The summed E-state index contributed by atoms with van der Waals surface area (Å²) in [5.41, 5.74) is 5.35. The van der Waals surface area contributed by atoms with Crippen LogP contribution in [0.3, 0.4) is 0 Å². The molecule has 118 valence electrons. The fourth-order valence-electron chi connectivity index (χ4n) is 2.72. The lowest BCUT2D eigenvalue weighted by Crippen LogP contribution is -2.27. The average Bonchev–Trinajstić information content (AvgIpc) is 2.91. The van der Waals surface area contributed by atoms with Gasteiger partial charge in [-0.05, 0) is 42.7 Å². The summed E-state index contributed by atoms with van der Waals surface area (Å²) in [5, 5.41) is 1.04. The van der Waals surface area contributed by atoms with E-state index in [1.54, 1.807) is 11.2 Å². The first kappa shape index (κ1) is 15.3. The fraction of sp³-hybridized carbons (Fsp3) is 0.250. The normalized spacial score (nSPS) is 10.9. The molecule has 3 aromatic rings. The van der Waals surface area contributed by atoms with Gasteiger partial charge in [-0.1, -0.05) is 30.3 Å². The van der Waals surface area contributed by atoms with Crippen LogP contribution >= 0.6 is 0 Å². The number of nitrogens with zero attached hydrogens (tertiary/aromatic N) is 1. The maximum Gasteiger partial charge on any atom is 0.227 e. The van der Waals surface area contributed by atoms with Crippen LogP contribution in [-0.4, -0.2) is 17.9 Å². The first-order chi connectivity index (χ1) is 11.0. The van der Waals surface area contributed by atoms with Crippen molar-refractivity contribution in [2.75, 3.05) is 7.05 Å². The largest absolute Gasteiger partial charge is 0.464 e. The second kappa shape index (κ2) is 6.29. The highest BCUT2D eigenvalue weighted by atomic mass is 16.3. The molecule has 3 heteroatoms. The summed E-state index contributed by atoms with van der Waals surface area (Å²) >= 11 is 0. The quantitative estimate of drug-likeness (QED) is 0.722. The van der Waals surface area contributed by atoms with Gasteiger partial charge in [0.25, 0.3) is 0 Å². The van der Waals surface area contributed by atoms with E-state index in [1.807, 2.05) is 43.4 Å². The molecule has 0 saturated carbocycles. The Balaban J connectivity index is 1.76. The molecule has 0 aliphatic carbocycles. The number of furan rings is 1. The smallest absolute Gasteiger partial charge is 0.227 e. The Morgan fingerprint density at radius 1 is 1.09 bits per heavy atom. The predicted molar refractivity (Wildman–Crippen MR) is 92.3 cm³/mol. The van der Waals surface area contributed by atoms with Gasteiger partial charge in [-0.25, -0.2) is 0 Å². The molecule has 0 spiro atoms. The summed E-state index contributed by atoms with van der Waals surface area (Å²) in [6.45, 7) is 4.76. The van der Waals surface area contributed by atoms with Crippen LogP contribution in [0.15, 0.2) is 53.1 Å². The van der Waals surface area contributed by atoms with E-state index < -0.39 is 0 Å². The number of fused-ring (bicyclic) bond motifs is 1. The van der Waals surface area contributed by atoms with Gasteiger partial charge >= 0.3 is 0 Å². The lowest BCUT2D eigenvalue weighted by Gasteiger charge is -2.17. The lowest BCUT2D eigenvalue weighted by atomic mass is 10.0. The number of amides is 1. The van der Waals surface area contributed by atoms with E-state index in [0.29, 0.717) is 13.0 Å². The highest BCUT2D eigenvalue weighted by Crippen LogP contribution is 2.25. The van der Waals surface area contributed by atoms with Gasteiger partial charge in [0.1, 0.15) is 5.58 Å². The maximum atomic E-state index is 12.5. The lowest BCUT2D eigenvalue weighted by molar-refractivity contribution is -0.129. The number of rotatable bonds is 4. The SMILES string of the molecule is Cc1cc2occ(CC(=O)N(C)Cc3ccccc3)c2cc1C. The number of hydrogen-bond donors (Lipinski definition) is 0. The van der Waals surface area contributed by atoms with Crippen molar-refractivity contribution in [1.82, 2.24) is 4.90 Å². The minimum Gasteiger partial charge on any atom is -0.464 e. The van der Waals surface area contributed by atoms with Crippen molar-refractivity contribution in [3.05, 3.63) is 71.0 Å². The highest BCUT2D eigenvalue weighted by molar-refractivity contribution is 5.88. The Morgan fingerprint density at radius 2 is 1.78 bits per heavy atom. The summed E-state index contributed by atoms with van der Waals surface area (Å²) in [6.07, 6.45) is 2.07. The summed E-state index contributed by atoms with van der Waals surface area (Å²) in [6, 6.07) is 14.2. The van der Waals surface area contributed by atoms with Crippen LogP contribution < -0.4 is 0 Å². The van der Waals surface area contributed by atoms with E-state index >= 15 is 0 Å². The van der Waals surface area contributed by atoms with E-state index in [4.69, 9.17) is 4.42 Å². The van der Waals surface area contributed by atoms with Crippen LogP contribution in [0.5, 0.6) is 0 Å². The molecule has 3 rings (SSSR count). The molecule has 0 fully saturated rings. The van der Waals surface area contributed by atoms with Gasteiger partial charge in [-0.3, -0.25) is 4.79 Å². The van der Waals surface area contributed by atoms with E-state index in [0.717, 1.165) is 22.1 Å². The molecule has 0 bridgehead atoms. The highest BCUT2D eigenvalue weighted by Gasteiger charge is 2.15. The van der Waals surface area contributed by atoms with Crippen LogP contribution in [0.1, 0.15) is 22.3 Å². The van der Waals surface area contributed by atoms with Crippen LogP contribution in [-0.2, 0) is 17.8 Å². The fourth-order valence-corrected chi connectivity index (χ4v) is 2.72. The van der Waals surface area contributed by atoms with Gasteiger partial charge in [0.15, 0.2) is 0 Å². The van der Waals surface area contributed by atoms with Crippen molar-refractivity contribution < 1.29 is 9.21 Å². The van der Waals surface area contributed by atoms with Crippen molar-refractivity contribution in [2.45, 2.75) is 26.8 Å². The Hall–Kier alpha value is -2.55. The molecular formula is C20H21NO2. The van der Waals surface area contributed by atoms with Crippen molar-refractivity contribution in [3.63, 3.8) is 0 Å². The molecule has 3 nitrogen and oxygen atoms in total. The summed E-state index contributed by atoms with van der Waals surface area (Å²) in [5.74, 6) is 0.0924. The molecule has 0 aliphatic rings. The Morgan fingerprint density at radius 3 is 2.52 bits per heavy atom. The third-order valence-corrected chi connectivity index (χ3v) is 4.30. The van der Waals surface area contributed by atoms with Crippen LogP contribution in [0.25, 0.3) is 11.0 Å². The number of carbonyl (C=O) groups is 1. The second-order valence-corrected chi connectivity index (χ2v) is 6.11. The van der Waals surface area contributed by atoms with Gasteiger partial charge in [0.2, 0.25) is 5.91 Å². The van der Waals surface area contributed by atoms with Gasteiger partial charge in [-0.15, -0.1) is 0 Å². The minimum absolute atomic E-state index is 0.0924. The zero-order chi connectivity index (χ0) is 16.4. The molecule has 0 aliphatic heterocycles. The molecule has 0 saturated heterocycles. The molecule has 0 radical (unpaired) electrons. The predicted octanol–water partition coefficient (Wildman–Crippen LogP) is 4.25. The number of benzene rings is 2. The third-order valence-electron chi connectivity index (χ3n) is 4.30. The molecule has 2 aromatic carbocycles. The van der Waals surface area contributed by atoms with Gasteiger partial charge in [0.05, 0.1) is 12.7 Å². The molecule has 23 heavy (non-hydrogen) atoms. The maximum absolute atomic E-state index is 12.5. The van der Waals surface area contributed by atoms with Gasteiger partial charge < -0.3 is 9.32 Å². The van der Waals surface area contributed by atoms with E-state index in [-0.39, 0.29) is 5.91 Å². The number of carbonyl (C=O) groups excluding carboxylic acids is 1. The zero-order valence-corrected chi connectivity index (χ0v) is 13.8. The van der Waals surface area contributed by atoms with Gasteiger partial charge in [-0.2, -0.15) is 0 Å². The van der Waals surface area contributed by atoms with Crippen LogP contribution in [0, 0.1) is 13.8 Å². The monoisotopic (exact) mass is 307 g/mol. The zero-order valence-electron chi connectivity index (χ0n) is 13.8. The molecule has 0 unspecified atom stereocenters. The Labute approximate surface area is 136 Å². The van der Waals surface area contributed by atoms with Crippen LogP contribution in [0.2, 0.25) is 0 Å². The molecule has 1 amide bonds. The summed E-state index contributed by atoms with van der Waals surface area (Å²) in [7, 11) is 1.84. The minimum atomic E-state index is 0.0924. The van der Waals surface area contributed by atoms with E-state index in [2.05, 4.69) is 19.9 Å². The van der Waals surface area contributed by atoms with Crippen molar-refractivity contribution in [2.24, 2.45) is 0 Å². The van der Waals surface area contributed by atoms with Crippen molar-refractivity contribution in [3.8, 4) is 0 Å². The number of likely N-dealkylation sites (N-methyl/N-ethyl adjacent to an activating group) is 1. The third kappa shape index (κ3) is 3.29. The van der Waals surface area contributed by atoms with E-state index in [9.17, 15) is 4.79 Å². The van der Waals surface area contributed by atoms with Crippen LogP contribution in [0.4, 0.5) is 0 Å². The Bertz CT molecular complexity index is 833. The topological polar surface area (TPSA) is 33.5 Å². The summed E-state index contributed by atoms with van der Waals surface area (Å²) < 4.78 is 5.61. The number of aryl methyl sites for hydroxylation is 2. The van der Waals surface area contributed by atoms with Crippen molar-refractivity contribution >= 4 is 16.9 Å². The molecule has 1 heterocycles. The van der Waals surface area contributed by atoms with Gasteiger partial charge in [0, 0.05) is 24.5 Å². The second-order valence-electron chi connectivity index (χ2n) is 6.11. The Kier molecular flexibility index (Phi) is 4.20. The summed E-state index contributed by atoms with van der Waals surface area (Å²) in [4.78, 5) is 14.3. The molecule has 1 aromatic heterocycles. The first-order valence-corrected chi connectivity index (χ1v) is 7.80. The molecule has 0 atom stereocenters. The molecular weight excluding hydrogens is 286 g/mol. The van der Waals surface area contributed by atoms with Crippen molar-refractivity contribution in [1.29, 1.82) is 0 Å². The molecule has 0 N–H and O–H groups in total.